The number of amides is 2. The first kappa shape index (κ1) is 13.1. The molecule has 0 aliphatic carbocycles. The lowest BCUT2D eigenvalue weighted by atomic mass is 10.1. The Bertz CT molecular complexity index is 572. The van der Waals surface area contributed by atoms with Crippen LogP contribution in [-0.2, 0) is 9.59 Å². The van der Waals surface area contributed by atoms with Crippen molar-refractivity contribution in [2.24, 2.45) is 0 Å². The lowest BCUT2D eigenvalue weighted by Gasteiger charge is -2.22. The highest BCUT2D eigenvalue weighted by atomic mass is 16.2. The molecule has 0 saturated carbocycles. The van der Waals surface area contributed by atoms with Crippen LogP contribution >= 0.6 is 0 Å². The smallest absolute Gasteiger partial charge is 0.261 e. The third-order valence-electron chi connectivity index (χ3n) is 4.14. The number of aromatic nitrogens is 2. The van der Waals surface area contributed by atoms with E-state index in [0.717, 1.165) is 25.9 Å². The first-order valence-electron chi connectivity index (χ1n) is 6.90. The molecule has 2 aliphatic rings. The van der Waals surface area contributed by atoms with Crippen LogP contribution in [0, 0.1) is 0 Å². The summed E-state index contributed by atoms with van der Waals surface area (Å²) in [5, 5.41) is 7.63. The molecule has 1 aromatic heterocycles. The van der Waals surface area contributed by atoms with Gasteiger partial charge in [0.25, 0.3) is 11.8 Å². The average Bonchev–Trinajstić information content (AvgIpc) is 3.02. The fourth-order valence-corrected chi connectivity index (χ4v) is 2.70. The van der Waals surface area contributed by atoms with Crippen molar-refractivity contribution in [1.29, 1.82) is 0 Å². The van der Waals surface area contributed by atoms with E-state index in [9.17, 15) is 9.59 Å². The second kappa shape index (κ2) is 4.86. The molecule has 0 radical (unpaired) electrons. The number of anilines is 1. The van der Waals surface area contributed by atoms with Crippen LogP contribution in [0.2, 0.25) is 0 Å². The van der Waals surface area contributed by atoms with Crippen LogP contribution in [0.3, 0.4) is 0 Å². The van der Waals surface area contributed by atoms with Crippen LogP contribution in [0.5, 0.6) is 0 Å². The number of carbonyl (C=O) groups excluding carboxylic acids is 2. The van der Waals surface area contributed by atoms with E-state index in [1.807, 2.05) is 4.68 Å². The van der Waals surface area contributed by atoms with Gasteiger partial charge in [-0.2, -0.15) is 5.10 Å². The third kappa shape index (κ3) is 1.96. The van der Waals surface area contributed by atoms with Gasteiger partial charge in [0.05, 0.1) is 17.9 Å². The first-order chi connectivity index (χ1) is 9.59. The zero-order valence-corrected chi connectivity index (χ0v) is 11.7. The van der Waals surface area contributed by atoms with Gasteiger partial charge in [-0.1, -0.05) is 0 Å². The molecule has 2 aliphatic heterocycles. The minimum atomic E-state index is -0.239. The topological polar surface area (TPSA) is 67.2 Å². The van der Waals surface area contributed by atoms with Crippen molar-refractivity contribution in [3.05, 3.63) is 23.5 Å². The number of piperidine rings is 1. The summed E-state index contributed by atoms with van der Waals surface area (Å²) < 4.78 is 1.87. The molecule has 2 amide bonds. The van der Waals surface area contributed by atoms with Gasteiger partial charge in [0.15, 0.2) is 0 Å². The second-order valence-electron chi connectivity index (χ2n) is 5.36. The minimum Gasteiger partial charge on any atom is -0.317 e. The molecular weight excluding hydrogens is 256 g/mol. The summed E-state index contributed by atoms with van der Waals surface area (Å²) in [6.07, 6.45) is 5.43. The lowest BCUT2D eigenvalue weighted by Crippen LogP contribution is -2.31. The third-order valence-corrected chi connectivity index (χ3v) is 4.14. The highest BCUT2D eigenvalue weighted by Gasteiger charge is 2.35. The van der Waals surface area contributed by atoms with E-state index in [-0.39, 0.29) is 11.8 Å². The molecule has 0 bridgehead atoms. The Hall–Kier alpha value is -1.95. The van der Waals surface area contributed by atoms with E-state index in [4.69, 9.17) is 0 Å². The quantitative estimate of drug-likeness (QED) is 0.818. The normalized spacial score (nSPS) is 21.2. The van der Waals surface area contributed by atoms with Crippen molar-refractivity contribution in [3.8, 4) is 0 Å². The average molecular weight is 274 g/mol. The largest absolute Gasteiger partial charge is 0.317 e. The van der Waals surface area contributed by atoms with Crippen LogP contribution in [-0.4, -0.2) is 34.7 Å². The Morgan fingerprint density at radius 1 is 1.15 bits per heavy atom. The summed E-state index contributed by atoms with van der Waals surface area (Å²) in [5.74, 6) is -0.477. The molecular formula is C14H18N4O2. The lowest BCUT2D eigenvalue weighted by molar-refractivity contribution is -0.120. The fourth-order valence-electron chi connectivity index (χ4n) is 2.70. The molecule has 20 heavy (non-hydrogen) atoms. The number of carbonyl (C=O) groups is 2. The molecule has 3 rings (SSSR count). The number of hydrogen-bond donors (Lipinski definition) is 1. The van der Waals surface area contributed by atoms with Crippen molar-refractivity contribution in [2.45, 2.75) is 32.7 Å². The number of hydrogen-bond acceptors (Lipinski definition) is 4. The van der Waals surface area contributed by atoms with Crippen LogP contribution < -0.4 is 10.2 Å². The van der Waals surface area contributed by atoms with Crippen LogP contribution in [0.4, 0.5) is 5.69 Å². The maximum Gasteiger partial charge on any atom is 0.261 e. The second-order valence-corrected chi connectivity index (χ2v) is 5.36. The predicted octanol–water partition coefficient (Wildman–Crippen LogP) is 1.02. The van der Waals surface area contributed by atoms with Crippen LogP contribution in [0.25, 0.3) is 0 Å². The first-order valence-corrected chi connectivity index (χ1v) is 6.90. The monoisotopic (exact) mass is 274 g/mol. The molecule has 3 heterocycles. The number of nitrogens with one attached hydrogen (secondary N) is 1. The number of imide groups is 1. The van der Waals surface area contributed by atoms with Crippen molar-refractivity contribution in [1.82, 2.24) is 15.1 Å². The van der Waals surface area contributed by atoms with E-state index in [2.05, 4.69) is 10.4 Å². The van der Waals surface area contributed by atoms with E-state index >= 15 is 0 Å². The van der Waals surface area contributed by atoms with E-state index < -0.39 is 0 Å². The molecule has 106 valence electrons. The summed E-state index contributed by atoms with van der Waals surface area (Å²) in [6.45, 7) is 5.32. The Balaban J connectivity index is 1.84. The van der Waals surface area contributed by atoms with Gasteiger partial charge in [-0.15, -0.1) is 0 Å². The molecule has 1 N–H and O–H groups in total. The van der Waals surface area contributed by atoms with Crippen LogP contribution in [0.15, 0.2) is 23.5 Å². The molecule has 0 atom stereocenters. The molecule has 1 fully saturated rings. The van der Waals surface area contributed by atoms with Gasteiger partial charge in [-0.3, -0.25) is 14.3 Å². The van der Waals surface area contributed by atoms with Gasteiger partial charge in [0, 0.05) is 17.3 Å². The van der Waals surface area contributed by atoms with Crippen molar-refractivity contribution >= 4 is 17.5 Å². The Labute approximate surface area is 117 Å². The van der Waals surface area contributed by atoms with Gasteiger partial charge >= 0.3 is 0 Å². The zero-order valence-electron chi connectivity index (χ0n) is 11.7. The molecule has 6 heteroatoms. The highest BCUT2D eigenvalue weighted by molar-refractivity contribution is 6.32. The van der Waals surface area contributed by atoms with E-state index in [1.54, 1.807) is 26.2 Å². The Kier molecular flexibility index (Phi) is 3.17. The van der Waals surface area contributed by atoms with Gasteiger partial charge in [0.1, 0.15) is 0 Å². The Morgan fingerprint density at radius 3 is 2.35 bits per heavy atom. The molecule has 0 spiro atoms. The standard InChI is InChI=1S/C14H18N4O2/c1-9-10(2)14(20)18(13(9)19)12-7-16-17(8-12)11-3-5-15-6-4-11/h7-8,11,15H,3-6H2,1-2H3. The fraction of sp³-hybridized carbons (Fsp3) is 0.500. The molecule has 0 unspecified atom stereocenters. The predicted molar refractivity (Wildman–Crippen MR) is 74.2 cm³/mol. The van der Waals surface area contributed by atoms with Crippen molar-refractivity contribution in [2.75, 3.05) is 18.0 Å². The van der Waals surface area contributed by atoms with Crippen molar-refractivity contribution < 1.29 is 9.59 Å². The molecule has 0 aromatic carbocycles. The zero-order chi connectivity index (χ0) is 14.3. The van der Waals surface area contributed by atoms with E-state index in [1.165, 1.54) is 4.90 Å². The highest BCUT2D eigenvalue weighted by Crippen LogP contribution is 2.28. The summed E-state index contributed by atoms with van der Waals surface area (Å²) in [7, 11) is 0. The maximum atomic E-state index is 12.1. The van der Waals surface area contributed by atoms with E-state index in [0.29, 0.717) is 22.9 Å². The molecule has 1 aromatic rings. The van der Waals surface area contributed by atoms with Gasteiger partial charge in [-0.05, 0) is 39.8 Å². The molecule has 1 saturated heterocycles. The van der Waals surface area contributed by atoms with Gasteiger partial charge in [-0.25, -0.2) is 4.90 Å². The minimum absolute atomic E-state index is 0.239. The van der Waals surface area contributed by atoms with Gasteiger partial charge in [0.2, 0.25) is 0 Å². The van der Waals surface area contributed by atoms with Crippen LogP contribution in [0.1, 0.15) is 32.7 Å². The summed E-state index contributed by atoms with van der Waals surface area (Å²) in [5.41, 5.74) is 1.60. The van der Waals surface area contributed by atoms with Gasteiger partial charge < -0.3 is 5.32 Å². The number of rotatable bonds is 2. The van der Waals surface area contributed by atoms with Crippen molar-refractivity contribution in [3.63, 3.8) is 0 Å². The number of nitrogens with zero attached hydrogens (tertiary/aromatic N) is 3. The SMILES string of the molecule is CC1=C(C)C(=O)N(c2cnn(C3CCNCC3)c2)C1=O. The molecule has 6 nitrogen and oxygen atoms in total. The summed E-state index contributed by atoms with van der Waals surface area (Å²) in [4.78, 5) is 25.4. The summed E-state index contributed by atoms with van der Waals surface area (Å²) in [6, 6.07) is 0.341. The summed E-state index contributed by atoms with van der Waals surface area (Å²) >= 11 is 0. The Morgan fingerprint density at radius 2 is 1.75 bits per heavy atom. The maximum absolute atomic E-state index is 12.1.